The molecule has 7 nitrogen and oxygen atoms in total. The molecule has 1 amide bonds. The molecule has 0 saturated heterocycles. The molecule has 0 aliphatic heterocycles. The van der Waals surface area contributed by atoms with E-state index in [-0.39, 0.29) is 24.7 Å². The van der Waals surface area contributed by atoms with E-state index in [0.717, 1.165) is 5.56 Å². The summed E-state index contributed by atoms with van der Waals surface area (Å²) in [7, 11) is 0. The Kier molecular flexibility index (Phi) is 7.74. The Morgan fingerprint density at radius 3 is 2.53 bits per heavy atom. The Labute approximate surface area is 214 Å². The molecule has 0 spiro atoms. The van der Waals surface area contributed by atoms with Crippen molar-refractivity contribution < 1.29 is 19.0 Å². The van der Waals surface area contributed by atoms with Gasteiger partial charge in [-0.2, -0.15) is 5.10 Å². The molecule has 1 N–H and O–H groups in total. The third-order valence-electron chi connectivity index (χ3n) is 5.96. The van der Waals surface area contributed by atoms with E-state index in [1.165, 1.54) is 6.07 Å². The van der Waals surface area contributed by atoms with Crippen LogP contribution in [0.5, 0.6) is 11.5 Å². The second kappa shape index (κ2) is 11.0. The summed E-state index contributed by atoms with van der Waals surface area (Å²) in [4.78, 5) is 19.7. The standard InChI is InChI=1S/C27H28ClFN4O3/c1-4-32(5-2)25(35)16-22-26(18-6-9-20(10-7-18)36-13-12-29)31-33-23(14-17(3)30-27(22)33)21-15-19(28)8-11-24(21)34/h6-11,14-15,34H,4-5,12-13,16H2,1-3H3. The van der Waals surface area contributed by atoms with Crippen molar-refractivity contribution in [2.75, 3.05) is 26.4 Å². The van der Waals surface area contributed by atoms with E-state index >= 15 is 0 Å². The molecule has 0 atom stereocenters. The maximum Gasteiger partial charge on any atom is 0.227 e. The fraction of sp³-hybridized carbons (Fsp3) is 0.296. The van der Waals surface area contributed by atoms with Crippen LogP contribution in [0.1, 0.15) is 25.1 Å². The number of amides is 1. The first-order valence-electron chi connectivity index (χ1n) is 11.8. The van der Waals surface area contributed by atoms with Crippen molar-refractivity contribution in [3.05, 3.63) is 64.8 Å². The predicted molar refractivity (Wildman–Crippen MR) is 138 cm³/mol. The summed E-state index contributed by atoms with van der Waals surface area (Å²) in [6.45, 7) is 6.33. The Balaban J connectivity index is 1.93. The van der Waals surface area contributed by atoms with Gasteiger partial charge in [-0.1, -0.05) is 11.6 Å². The normalized spacial score (nSPS) is 11.1. The lowest BCUT2D eigenvalue weighted by Gasteiger charge is -2.18. The van der Waals surface area contributed by atoms with Crippen molar-refractivity contribution in [1.29, 1.82) is 0 Å². The molecule has 36 heavy (non-hydrogen) atoms. The molecule has 2 heterocycles. The third kappa shape index (κ3) is 5.14. The number of carbonyl (C=O) groups is 1. The molecule has 0 fully saturated rings. The summed E-state index contributed by atoms with van der Waals surface area (Å²) in [5, 5.41) is 15.9. The van der Waals surface area contributed by atoms with Crippen LogP contribution in [-0.2, 0) is 11.2 Å². The number of phenolic OH excluding ortho intramolecular Hbond substituents is 1. The van der Waals surface area contributed by atoms with Gasteiger partial charge in [-0.3, -0.25) is 4.79 Å². The van der Waals surface area contributed by atoms with Crippen LogP contribution in [-0.4, -0.2) is 56.9 Å². The second-order valence-corrected chi connectivity index (χ2v) is 8.75. The topological polar surface area (TPSA) is 80.0 Å². The van der Waals surface area contributed by atoms with Crippen LogP contribution in [0, 0.1) is 6.92 Å². The lowest BCUT2D eigenvalue weighted by Crippen LogP contribution is -2.31. The molecule has 2 aromatic carbocycles. The maximum absolute atomic E-state index is 13.2. The van der Waals surface area contributed by atoms with E-state index in [1.54, 1.807) is 33.7 Å². The minimum absolute atomic E-state index is 0.0208. The highest BCUT2D eigenvalue weighted by Crippen LogP contribution is 2.35. The van der Waals surface area contributed by atoms with Gasteiger partial charge in [0.15, 0.2) is 5.65 Å². The van der Waals surface area contributed by atoms with Gasteiger partial charge in [-0.15, -0.1) is 0 Å². The fourth-order valence-electron chi connectivity index (χ4n) is 4.19. The molecule has 0 aliphatic rings. The number of nitrogens with zero attached hydrogens (tertiary/aromatic N) is 4. The van der Waals surface area contributed by atoms with Gasteiger partial charge in [-0.05, 0) is 69.3 Å². The Morgan fingerprint density at radius 2 is 1.86 bits per heavy atom. The minimum Gasteiger partial charge on any atom is -0.507 e. The van der Waals surface area contributed by atoms with Gasteiger partial charge in [0.1, 0.15) is 24.8 Å². The number of hydrogen-bond acceptors (Lipinski definition) is 5. The third-order valence-corrected chi connectivity index (χ3v) is 6.20. The largest absolute Gasteiger partial charge is 0.507 e. The van der Waals surface area contributed by atoms with Crippen molar-refractivity contribution >= 4 is 23.2 Å². The summed E-state index contributed by atoms with van der Waals surface area (Å²) < 4.78 is 19.5. The Bertz CT molecular complexity index is 1380. The summed E-state index contributed by atoms with van der Waals surface area (Å²) >= 11 is 6.23. The molecule has 0 bridgehead atoms. The fourth-order valence-corrected chi connectivity index (χ4v) is 4.36. The van der Waals surface area contributed by atoms with Crippen molar-refractivity contribution in [1.82, 2.24) is 19.5 Å². The molecule has 0 saturated carbocycles. The number of halogens is 2. The summed E-state index contributed by atoms with van der Waals surface area (Å²) in [6.07, 6.45) is 0.109. The number of fused-ring (bicyclic) bond motifs is 1. The number of rotatable bonds is 9. The number of aromatic hydroxyl groups is 1. The van der Waals surface area contributed by atoms with Crippen LogP contribution in [0.2, 0.25) is 5.02 Å². The Morgan fingerprint density at radius 1 is 1.14 bits per heavy atom. The zero-order chi connectivity index (χ0) is 25.8. The lowest BCUT2D eigenvalue weighted by atomic mass is 10.0. The van der Waals surface area contributed by atoms with E-state index in [0.29, 0.717) is 57.7 Å². The first-order valence-corrected chi connectivity index (χ1v) is 12.2. The van der Waals surface area contributed by atoms with Crippen LogP contribution < -0.4 is 4.74 Å². The van der Waals surface area contributed by atoms with E-state index in [4.69, 9.17) is 26.4 Å². The van der Waals surface area contributed by atoms with Crippen LogP contribution in [0.4, 0.5) is 4.39 Å². The Hall–Kier alpha value is -3.65. The highest BCUT2D eigenvalue weighted by atomic mass is 35.5. The van der Waals surface area contributed by atoms with Gasteiger partial charge in [0, 0.05) is 40.5 Å². The number of ether oxygens (including phenoxy) is 1. The van der Waals surface area contributed by atoms with E-state index in [9.17, 15) is 14.3 Å². The lowest BCUT2D eigenvalue weighted by molar-refractivity contribution is -0.130. The molecule has 4 aromatic rings. The number of carbonyl (C=O) groups excluding carboxylic acids is 1. The maximum atomic E-state index is 13.2. The number of phenols is 1. The number of alkyl halides is 1. The van der Waals surface area contributed by atoms with Crippen LogP contribution >= 0.6 is 11.6 Å². The van der Waals surface area contributed by atoms with Gasteiger partial charge < -0.3 is 14.7 Å². The molecule has 9 heteroatoms. The quantitative estimate of drug-likeness (QED) is 0.322. The second-order valence-electron chi connectivity index (χ2n) is 8.31. The van der Waals surface area contributed by atoms with Gasteiger partial charge >= 0.3 is 0 Å². The average molecular weight is 511 g/mol. The van der Waals surface area contributed by atoms with E-state index < -0.39 is 6.67 Å². The van der Waals surface area contributed by atoms with Crippen molar-refractivity contribution in [2.24, 2.45) is 0 Å². The number of aryl methyl sites for hydroxylation is 1. The average Bonchev–Trinajstić information content (AvgIpc) is 3.22. The van der Waals surface area contributed by atoms with E-state index in [2.05, 4.69) is 0 Å². The number of hydrogen-bond donors (Lipinski definition) is 1. The number of likely N-dealkylation sites (N-methyl/N-ethyl adjacent to an activating group) is 1. The molecule has 0 radical (unpaired) electrons. The highest BCUT2D eigenvalue weighted by Gasteiger charge is 2.23. The number of benzene rings is 2. The molecule has 4 rings (SSSR count). The van der Waals surface area contributed by atoms with Crippen molar-refractivity contribution in [2.45, 2.75) is 27.2 Å². The first kappa shape index (κ1) is 25.4. The molecule has 0 aliphatic carbocycles. The van der Waals surface area contributed by atoms with Crippen LogP contribution in [0.15, 0.2) is 48.5 Å². The molecular weight excluding hydrogens is 483 g/mol. The van der Waals surface area contributed by atoms with Gasteiger partial charge in [0.05, 0.1) is 17.8 Å². The first-order chi connectivity index (χ1) is 17.4. The monoisotopic (exact) mass is 510 g/mol. The minimum atomic E-state index is -0.573. The summed E-state index contributed by atoms with van der Waals surface area (Å²) in [5.41, 5.74) is 4.36. The molecule has 2 aromatic heterocycles. The molecule has 188 valence electrons. The zero-order valence-electron chi connectivity index (χ0n) is 20.5. The van der Waals surface area contributed by atoms with Gasteiger partial charge in [0.2, 0.25) is 5.91 Å². The van der Waals surface area contributed by atoms with Crippen molar-refractivity contribution in [3.63, 3.8) is 0 Å². The zero-order valence-corrected chi connectivity index (χ0v) is 21.2. The van der Waals surface area contributed by atoms with Gasteiger partial charge in [0.25, 0.3) is 0 Å². The van der Waals surface area contributed by atoms with Crippen LogP contribution in [0.3, 0.4) is 0 Å². The summed E-state index contributed by atoms with van der Waals surface area (Å²) in [5.74, 6) is 0.562. The van der Waals surface area contributed by atoms with Gasteiger partial charge in [-0.25, -0.2) is 13.9 Å². The predicted octanol–water partition coefficient (Wildman–Crippen LogP) is 5.49. The van der Waals surface area contributed by atoms with Crippen molar-refractivity contribution in [3.8, 4) is 34.0 Å². The molecular formula is C27H28ClFN4O3. The van der Waals surface area contributed by atoms with Crippen LogP contribution in [0.25, 0.3) is 28.2 Å². The number of aromatic nitrogens is 3. The SMILES string of the molecule is CCN(CC)C(=O)Cc1c(-c2ccc(OCCF)cc2)nn2c(-c3cc(Cl)ccc3O)cc(C)nc12. The molecule has 0 unspecified atom stereocenters. The smallest absolute Gasteiger partial charge is 0.227 e. The van der Waals surface area contributed by atoms with E-state index in [1.807, 2.05) is 39.0 Å². The summed E-state index contributed by atoms with van der Waals surface area (Å²) in [6, 6.07) is 13.8. The highest BCUT2D eigenvalue weighted by molar-refractivity contribution is 6.31.